The molecule has 1 aliphatic heterocycles. The van der Waals surface area contributed by atoms with Gasteiger partial charge in [-0.25, -0.2) is 4.98 Å². The van der Waals surface area contributed by atoms with Gasteiger partial charge in [0.2, 0.25) is 0 Å². The molecule has 19 heavy (non-hydrogen) atoms. The molecule has 0 spiro atoms. The smallest absolute Gasteiger partial charge is 0.128 e. The largest absolute Gasteiger partial charge is 0.356 e. The maximum Gasteiger partial charge on any atom is 0.128 e. The second kappa shape index (κ2) is 6.14. The van der Waals surface area contributed by atoms with Crippen molar-refractivity contribution in [1.29, 1.82) is 0 Å². The van der Waals surface area contributed by atoms with E-state index in [1.165, 1.54) is 17.7 Å². The van der Waals surface area contributed by atoms with Gasteiger partial charge in [0, 0.05) is 35.8 Å². The first kappa shape index (κ1) is 14.7. The summed E-state index contributed by atoms with van der Waals surface area (Å²) in [6, 6.07) is 4.38. The lowest BCUT2D eigenvalue weighted by Gasteiger charge is -2.24. The number of anilines is 1. The third-order valence-electron chi connectivity index (χ3n) is 3.71. The Morgan fingerprint density at radius 3 is 2.84 bits per heavy atom. The van der Waals surface area contributed by atoms with E-state index in [0.29, 0.717) is 4.75 Å². The first-order chi connectivity index (χ1) is 9.02. The van der Waals surface area contributed by atoms with Gasteiger partial charge in [0.1, 0.15) is 5.82 Å². The summed E-state index contributed by atoms with van der Waals surface area (Å²) in [6.45, 7) is 9.89. The highest BCUT2D eigenvalue weighted by molar-refractivity contribution is 8.00. The van der Waals surface area contributed by atoms with Crippen LogP contribution in [-0.4, -0.2) is 35.6 Å². The average Bonchev–Trinajstić information content (AvgIpc) is 2.53. The molecule has 2 rings (SSSR count). The van der Waals surface area contributed by atoms with E-state index >= 15 is 0 Å². The molecule has 1 fully saturated rings. The summed E-state index contributed by atoms with van der Waals surface area (Å²) in [6.07, 6.45) is 1.22. The number of aryl methyl sites for hydroxylation is 1. The van der Waals surface area contributed by atoms with Gasteiger partial charge in [-0.1, -0.05) is 19.9 Å². The van der Waals surface area contributed by atoms with Crippen LogP contribution in [0, 0.1) is 6.92 Å². The molecule has 0 unspecified atom stereocenters. The summed E-state index contributed by atoms with van der Waals surface area (Å²) in [5.41, 5.74) is 2.43. The lowest BCUT2D eigenvalue weighted by Crippen LogP contribution is -2.28. The number of aromatic nitrogens is 1. The van der Waals surface area contributed by atoms with Crippen LogP contribution in [0.4, 0.5) is 5.82 Å². The Kier molecular flexibility index (Phi) is 4.74. The molecule has 0 aliphatic carbocycles. The van der Waals surface area contributed by atoms with E-state index in [4.69, 9.17) is 4.98 Å². The van der Waals surface area contributed by atoms with Crippen molar-refractivity contribution in [2.75, 3.05) is 30.8 Å². The predicted molar refractivity (Wildman–Crippen MR) is 85.1 cm³/mol. The molecule has 4 heteroatoms. The lowest BCUT2D eigenvalue weighted by atomic mass is 10.1. The number of pyridine rings is 1. The summed E-state index contributed by atoms with van der Waals surface area (Å²) >= 11 is 2.08. The molecule has 106 valence electrons. The van der Waals surface area contributed by atoms with Crippen molar-refractivity contribution >= 4 is 17.6 Å². The minimum Gasteiger partial charge on any atom is -0.356 e. The van der Waals surface area contributed by atoms with Crippen molar-refractivity contribution < 1.29 is 0 Å². The van der Waals surface area contributed by atoms with Crippen LogP contribution in [0.5, 0.6) is 0 Å². The van der Waals surface area contributed by atoms with Crippen LogP contribution in [0.25, 0.3) is 0 Å². The van der Waals surface area contributed by atoms with E-state index in [0.717, 1.165) is 31.1 Å². The molecule has 0 bridgehead atoms. The van der Waals surface area contributed by atoms with Gasteiger partial charge in [0.15, 0.2) is 0 Å². The van der Waals surface area contributed by atoms with E-state index in [1.807, 2.05) is 7.05 Å². The Labute approximate surface area is 121 Å². The van der Waals surface area contributed by atoms with Gasteiger partial charge < -0.3 is 10.2 Å². The Morgan fingerprint density at radius 2 is 2.16 bits per heavy atom. The van der Waals surface area contributed by atoms with Crippen molar-refractivity contribution in [2.24, 2.45) is 0 Å². The zero-order valence-electron chi connectivity index (χ0n) is 12.5. The Hall–Kier alpha value is -0.740. The zero-order valence-corrected chi connectivity index (χ0v) is 13.3. The average molecular weight is 279 g/mol. The highest BCUT2D eigenvalue weighted by atomic mass is 32.2. The van der Waals surface area contributed by atoms with E-state index in [1.54, 1.807) is 0 Å². The van der Waals surface area contributed by atoms with Crippen molar-refractivity contribution in [2.45, 2.75) is 38.5 Å². The predicted octanol–water partition coefficient (Wildman–Crippen LogP) is 2.83. The SMILES string of the molecule is CNCc1ccc(N2CCSC(C)(C)CC2)nc1C. The molecular formula is C15H25N3S. The molecule has 0 atom stereocenters. The zero-order chi connectivity index (χ0) is 13.9. The van der Waals surface area contributed by atoms with Crippen LogP contribution < -0.4 is 10.2 Å². The molecule has 0 amide bonds. The minimum absolute atomic E-state index is 0.399. The van der Waals surface area contributed by atoms with Crippen molar-refractivity contribution in [3.05, 3.63) is 23.4 Å². The summed E-state index contributed by atoms with van der Waals surface area (Å²) in [5.74, 6) is 2.32. The first-order valence-electron chi connectivity index (χ1n) is 7.02. The number of nitrogens with one attached hydrogen (secondary N) is 1. The molecule has 0 saturated carbocycles. The van der Waals surface area contributed by atoms with E-state index < -0.39 is 0 Å². The summed E-state index contributed by atoms with van der Waals surface area (Å²) in [4.78, 5) is 7.21. The number of rotatable bonds is 3. The second-order valence-corrected chi connectivity index (χ2v) is 7.59. The normalized spacial score (nSPS) is 19.3. The number of hydrogen-bond acceptors (Lipinski definition) is 4. The van der Waals surface area contributed by atoms with Crippen LogP contribution in [-0.2, 0) is 6.54 Å². The number of thioether (sulfide) groups is 1. The third-order valence-corrected chi connectivity index (χ3v) is 5.08. The molecule has 3 nitrogen and oxygen atoms in total. The number of nitrogens with zero attached hydrogens (tertiary/aromatic N) is 2. The fourth-order valence-corrected chi connectivity index (χ4v) is 3.48. The topological polar surface area (TPSA) is 28.2 Å². The van der Waals surface area contributed by atoms with Crippen molar-refractivity contribution in [1.82, 2.24) is 10.3 Å². The maximum absolute atomic E-state index is 4.78. The summed E-state index contributed by atoms with van der Waals surface area (Å²) in [5, 5.41) is 3.19. The van der Waals surface area contributed by atoms with Crippen LogP contribution in [0.1, 0.15) is 31.5 Å². The fraction of sp³-hybridized carbons (Fsp3) is 0.667. The molecule has 2 heterocycles. The standard InChI is InChI=1S/C15H25N3S/c1-12-13(11-16-4)5-6-14(17-12)18-8-7-15(2,3)19-10-9-18/h5-6,16H,7-11H2,1-4H3. The highest BCUT2D eigenvalue weighted by Gasteiger charge is 2.24. The van der Waals surface area contributed by atoms with Crippen LogP contribution in [0.15, 0.2) is 12.1 Å². The third kappa shape index (κ3) is 3.86. The van der Waals surface area contributed by atoms with Gasteiger partial charge in [-0.3, -0.25) is 0 Å². The van der Waals surface area contributed by atoms with Gasteiger partial charge in [0.25, 0.3) is 0 Å². The Bertz CT molecular complexity index is 431. The molecule has 0 radical (unpaired) electrons. The second-order valence-electron chi connectivity index (χ2n) is 5.79. The molecule has 1 aliphatic rings. The minimum atomic E-state index is 0.399. The molecular weight excluding hydrogens is 254 g/mol. The fourth-order valence-electron chi connectivity index (χ4n) is 2.38. The van der Waals surface area contributed by atoms with E-state index in [2.05, 4.69) is 54.9 Å². The van der Waals surface area contributed by atoms with E-state index in [-0.39, 0.29) is 0 Å². The van der Waals surface area contributed by atoms with E-state index in [9.17, 15) is 0 Å². The molecule has 1 saturated heterocycles. The monoisotopic (exact) mass is 279 g/mol. The molecule has 1 aromatic rings. The number of hydrogen-bond donors (Lipinski definition) is 1. The van der Waals surface area contributed by atoms with Gasteiger partial charge in [0.05, 0.1) is 0 Å². The van der Waals surface area contributed by atoms with Crippen LogP contribution in [0.3, 0.4) is 0 Å². The van der Waals surface area contributed by atoms with Crippen molar-refractivity contribution in [3.63, 3.8) is 0 Å². The lowest BCUT2D eigenvalue weighted by molar-refractivity contribution is 0.634. The van der Waals surface area contributed by atoms with Gasteiger partial charge >= 0.3 is 0 Å². The van der Waals surface area contributed by atoms with Crippen LogP contribution in [0.2, 0.25) is 0 Å². The Morgan fingerprint density at radius 1 is 1.37 bits per heavy atom. The molecule has 1 aromatic heterocycles. The van der Waals surface area contributed by atoms with Gasteiger partial charge in [-0.15, -0.1) is 0 Å². The maximum atomic E-state index is 4.78. The quantitative estimate of drug-likeness (QED) is 0.921. The Balaban J connectivity index is 2.11. The molecule has 0 aromatic carbocycles. The van der Waals surface area contributed by atoms with Gasteiger partial charge in [-0.2, -0.15) is 11.8 Å². The first-order valence-corrected chi connectivity index (χ1v) is 8.00. The van der Waals surface area contributed by atoms with Crippen LogP contribution >= 0.6 is 11.8 Å². The summed E-state index contributed by atoms with van der Waals surface area (Å²) in [7, 11) is 1.97. The summed E-state index contributed by atoms with van der Waals surface area (Å²) < 4.78 is 0.399. The molecule has 1 N–H and O–H groups in total. The highest BCUT2D eigenvalue weighted by Crippen LogP contribution is 2.32. The van der Waals surface area contributed by atoms with Gasteiger partial charge in [-0.05, 0) is 32.0 Å². The van der Waals surface area contributed by atoms with Crippen molar-refractivity contribution in [3.8, 4) is 0 Å².